The highest BCUT2D eigenvalue weighted by Gasteiger charge is 2.17. The number of carbonyl (C=O) groups excluding carboxylic acids is 1. The first-order chi connectivity index (χ1) is 13.8. The Kier molecular flexibility index (Phi) is 6.66. The van der Waals surface area contributed by atoms with Gasteiger partial charge in [-0.1, -0.05) is 46.3 Å². The third-order valence-corrected chi connectivity index (χ3v) is 6.46. The number of hydrogen-bond acceptors (Lipinski definition) is 3. The van der Waals surface area contributed by atoms with Crippen LogP contribution in [0.4, 0.5) is 4.39 Å². The van der Waals surface area contributed by atoms with Gasteiger partial charge in [0.05, 0.1) is 4.90 Å². The predicted molar refractivity (Wildman–Crippen MR) is 114 cm³/mol. The smallest absolute Gasteiger partial charge is 0.240 e. The SMILES string of the molecule is CN(Cc1cc(Br)ccc1F)C(=O)CCNS(=O)(=O)c1ccc2ccccc2c1. The van der Waals surface area contributed by atoms with Crippen molar-refractivity contribution in [1.29, 1.82) is 0 Å². The van der Waals surface area contributed by atoms with E-state index in [4.69, 9.17) is 0 Å². The van der Waals surface area contributed by atoms with Gasteiger partial charge in [-0.3, -0.25) is 4.79 Å². The lowest BCUT2D eigenvalue weighted by molar-refractivity contribution is -0.130. The summed E-state index contributed by atoms with van der Waals surface area (Å²) in [5, 5.41) is 1.77. The zero-order valence-electron chi connectivity index (χ0n) is 15.7. The molecular weight excluding hydrogens is 459 g/mol. The average Bonchev–Trinajstić information content (AvgIpc) is 2.70. The van der Waals surface area contributed by atoms with Crippen LogP contribution in [0.1, 0.15) is 12.0 Å². The van der Waals surface area contributed by atoms with Gasteiger partial charge in [0.2, 0.25) is 15.9 Å². The Hall–Kier alpha value is -2.29. The van der Waals surface area contributed by atoms with E-state index in [0.717, 1.165) is 15.2 Å². The van der Waals surface area contributed by atoms with Crippen LogP contribution < -0.4 is 4.72 Å². The largest absolute Gasteiger partial charge is 0.341 e. The van der Waals surface area contributed by atoms with Crippen molar-refractivity contribution >= 4 is 42.6 Å². The van der Waals surface area contributed by atoms with Crippen LogP contribution in [0, 0.1) is 5.82 Å². The van der Waals surface area contributed by atoms with E-state index in [-0.39, 0.29) is 30.3 Å². The molecular formula is C21H20BrFN2O3S. The van der Waals surface area contributed by atoms with Gasteiger partial charge in [0.25, 0.3) is 0 Å². The van der Waals surface area contributed by atoms with Crippen LogP contribution in [0.5, 0.6) is 0 Å². The van der Waals surface area contributed by atoms with E-state index in [0.29, 0.717) is 5.56 Å². The van der Waals surface area contributed by atoms with Gasteiger partial charge in [0, 0.05) is 36.6 Å². The van der Waals surface area contributed by atoms with Crippen LogP contribution in [0.25, 0.3) is 10.8 Å². The van der Waals surface area contributed by atoms with Crippen molar-refractivity contribution < 1.29 is 17.6 Å². The molecule has 0 aliphatic carbocycles. The number of nitrogens with one attached hydrogen (secondary N) is 1. The highest BCUT2D eigenvalue weighted by molar-refractivity contribution is 9.10. The number of hydrogen-bond donors (Lipinski definition) is 1. The summed E-state index contributed by atoms with van der Waals surface area (Å²) in [5.41, 5.74) is 0.381. The van der Waals surface area contributed by atoms with Crippen molar-refractivity contribution in [3.05, 3.63) is 76.5 Å². The van der Waals surface area contributed by atoms with E-state index in [9.17, 15) is 17.6 Å². The fourth-order valence-corrected chi connectivity index (χ4v) is 4.38. The summed E-state index contributed by atoms with van der Waals surface area (Å²) in [5.74, 6) is -0.685. The second-order valence-electron chi connectivity index (χ2n) is 6.64. The van der Waals surface area contributed by atoms with Gasteiger partial charge in [-0.2, -0.15) is 0 Å². The molecule has 0 aromatic heterocycles. The number of rotatable bonds is 7. The predicted octanol–water partition coefficient (Wildman–Crippen LogP) is 4.07. The number of nitrogens with zero attached hydrogens (tertiary/aromatic N) is 1. The second kappa shape index (κ2) is 9.02. The van der Waals surface area contributed by atoms with Gasteiger partial charge in [-0.05, 0) is 41.1 Å². The van der Waals surface area contributed by atoms with Gasteiger partial charge in [-0.15, -0.1) is 0 Å². The molecule has 0 atom stereocenters. The van der Waals surface area contributed by atoms with E-state index in [1.807, 2.05) is 24.3 Å². The average molecular weight is 479 g/mol. The summed E-state index contributed by atoms with van der Waals surface area (Å²) in [6.07, 6.45) is -0.0288. The number of carbonyl (C=O) groups is 1. The monoisotopic (exact) mass is 478 g/mol. The molecule has 0 saturated heterocycles. The number of amides is 1. The van der Waals surface area contributed by atoms with Gasteiger partial charge in [0.1, 0.15) is 5.82 Å². The van der Waals surface area contributed by atoms with Crippen molar-refractivity contribution in [3.8, 4) is 0 Å². The Labute approximate surface area is 177 Å². The Balaban J connectivity index is 1.58. The van der Waals surface area contributed by atoms with Crippen LogP contribution in [0.3, 0.4) is 0 Å². The molecule has 1 N–H and O–H groups in total. The molecule has 0 fully saturated rings. The van der Waals surface area contributed by atoms with Crippen LogP contribution in [-0.4, -0.2) is 32.8 Å². The van der Waals surface area contributed by atoms with Gasteiger partial charge in [0.15, 0.2) is 0 Å². The Bertz CT molecular complexity index is 1150. The maximum Gasteiger partial charge on any atom is 0.240 e. The van der Waals surface area contributed by atoms with E-state index in [1.54, 1.807) is 31.3 Å². The number of benzene rings is 3. The molecule has 0 aliphatic rings. The zero-order chi connectivity index (χ0) is 21.0. The molecule has 0 unspecified atom stereocenters. The minimum atomic E-state index is -3.73. The number of sulfonamides is 1. The lowest BCUT2D eigenvalue weighted by Crippen LogP contribution is -2.32. The Morgan fingerprint density at radius 2 is 1.79 bits per heavy atom. The third-order valence-electron chi connectivity index (χ3n) is 4.50. The number of fused-ring (bicyclic) bond motifs is 1. The molecule has 0 aliphatic heterocycles. The molecule has 0 bridgehead atoms. The van der Waals surface area contributed by atoms with Crippen LogP contribution in [-0.2, 0) is 21.4 Å². The molecule has 8 heteroatoms. The molecule has 0 saturated carbocycles. The summed E-state index contributed by atoms with van der Waals surface area (Å²) in [6.45, 7) is 0.0564. The molecule has 3 aromatic rings. The van der Waals surface area contributed by atoms with E-state index in [1.165, 1.54) is 17.0 Å². The molecule has 152 valence electrons. The second-order valence-corrected chi connectivity index (χ2v) is 9.32. The van der Waals surface area contributed by atoms with Crippen LogP contribution in [0.15, 0.2) is 70.0 Å². The van der Waals surface area contributed by atoms with Crippen LogP contribution >= 0.6 is 15.9 Å². The zero-order valence-corrected chi connectivity index (χ0v) is 18.1. The highest BCUT2D eigenvalue weighted by atomic mass is 79.9. The first kappa shape index (κ1) is 21.4. The molecule has 0 radical (unpaired) electrons. The Morgan fingerprint density at radius 3 is 2.55 bits per heavy atom. The first-order valence-electron chi connectivity index (χ1n) is 8.92. The standard InChI is InChI=1S/C21H20BrFN2O3S/c1-25(14-17-12-18(22)7-9-20(17)23)21(26)10-11-24-29(27,28)19-8-6-15-4-2-3-5-16(15)13-19/h2-9,12-13,24H,10-11,14H2,1H3. The normalized spacial score (nSPS) is 11.6. The summed E-state index contributed by atoms with van der Waals surface area (Å²) in [6, 6.07) is 16.9. The number of halogens is 2. The van der Waals surface area contributed by atoms with Crippen molar-refractivity contribution in [2.75, 3.05) is 13.6 Å². The van der Waals surface area contributed by atoms with Gasteiger partial charge >= 0.3 is 0 Å². The molecule has 3 rings (SSSR count). The van der Waals surface area contributed by atoms with Crippen molar-refractivity contribution in [3.63, 3.8) is 0 Å². The topological polar surface area (TPSA) is 66.5 Å². The maximum absolute atomic E-state index is 13.8. The molecule has 29 heavy (non-hydrogen) atoms. The summed E-state index contributed by atoms with van der Waals surface area (Å²) in [4.78, 5) is 13.8. The summed E-state index contributed by atoms with van der Waals surface area (Å²) >= 11 is 3.28. The summed E-state index contributed by atoms with van der Waals surface area (Å²) < 4.78 is 42.0. The lowest BCUT2D eigenvalue weighted by Gasteiger charge is -2.18. The third kappa shape index (κ3) is 5.41. The molecule has 1 amide bonds. The molecule has 0 spiro atoms. The van der Waals surface area contributed by atoms with Crippen molar-refractivity contribution in [2.45, 2.75) is 17.9 Å². The van der Waals surface area contributed by atoms with Gasteiger partial charge in [-0.25, -0.2) is 17.5 Å². The highest BCUT2D eigenvalue weighted by Crippen LogP contribution is 2.19. The van der Waals surface area contributed by atoms with Crippen molar-refractivity contribution in [1.82, 2.24) is 9.62 Å². The molecule has 3 aromatic carbocycles. The fraction of sp³-hybridized carbons (Fsp3) is 0.190. The minimum Gasteiger partial charge on any atom is -0.341 e. The minimum absolute atomic E-state index is 0.0288. The maximum atomic E-state index is 13.8. The molecule has 5 nitrogen and oxygen atoms in total. The first-order valence-corrected chi connectivity index (χ1v) is 11.2. The molecule has 0 heterocycles. The lowest BCUT2D eigenvalue weighted by atomic mass is 10.1. The van der Waals surface area contributed by atoms with Gasteiger partial charge < -0.3 is 4.90 Å². The summed E-state index contributed by atoms with van der Waals surface area (Å²) in [7, 11) is -2.18. The van der Waals surface area contributed by atoms with E-state index < -0.39 is 15.8 Å². The fourth-order valence-electron chi connectivity index (χ4n) is 2.91. The van der Waals surface area contributed by atoms with E-state index >= 15 is 0 Å². The van der Waals surface area contributed by atoms with Crippen molar-refractivity contribution in [2.24, 2.45) is 0 Å². The van der Waals surface area contributed by atoms with E-state index in [2.05, 4.69) is 20.7 Å². The van der Waals surface area contributed by atoms with Crippen LogP contribution in [0.2, 0.25) is 0 Å². The quantitative estimate of drug-likeness (QED) is 0.556. The Morgan fingerprint density at radius 1 is 1.07 bits per heavy atom.